The number of benzene rings is 2. The van der Waals surface area contributed by atoms with Crippen LogP contribution >= 0.6 is 0 Å². The van der Waals surface area contributed by atoms with E-state index in [1.165, 1.54) is 19.2 Å². The van der Waals surface area contributed by atoms with Gasteiger partial charge in [-0.25, -0.2) is 13.4 Å². The molecular weight excluding hydrogens is 465 g/mol. The molecule has 2 heterocycles. The summed E-state index contributed by atoms with van der Waals surface area (Å²) in [4.78, 5) is 26.2. The number of para-hydroxylation sites is 1. The first-order valence-corrected chi connectivity index (χ1v) is 11.8. The van der Waals surface area contributed by atoms with Gasteiger partial charge in [-0.3, -0.25) is 9.52 Å². The number of anilines is 1. The fraction of sp³-hybridized carbons (Fsp3) is 0.304. The van der Waals surface area contributed by atoms with Crippen LogP contribution < -0.4 is 19.7 Å². The van der Waals surface area contributed by atoms with E-state index in [4.69, 9.17) is 9.15 Å². The van der Waals surface area contributed by atoms with Crippen LogP contribution in [0.4, 0.5) is 14.9 Å². The van der Waals surface area contributed by atoms with Crippen LogP contribution in [0.1, 0.15) is 23.9 Å². The minimum atomic E-state index is -1.90. The molecule has 0 spiro atoms. The summed E-state index contributed by atoms with van der Waals surface area (Å²) < 4.78 is 45.5. The Morgan fingerprint density at radius 1 is 1.26 bits per heavy atom. The summed E-state index contributed by atoms with van der Waals surface area (Å²) in [5.74, 6) is -1.06. The molecule has 0 bridgehead atoms. The number of hydrogen-bond donors (Lipinski definition) is 2. The first-order valence-electron chi connectivity index (χ1n) is 10.7. The van der Waals surface area contributed by atoms with Crippen LogP contribution in [-0.2, 0) is 15.7 Å². The van der Waals surface area contributed by atoms with Crippen molar-refractivity contribution in [3.8, 4) is 5.75 Å². The lowest BCUT2D eigenvalue weighted by Crippen LogP contribution is -2.53. The molecule has 34 heavy (non-hydrogen) atoms. The largest absolute Gasteiger partial charge is 0.493 e. The first kappa shape index (κ1) is 23.6. The lowest BCUT2D eigenvalue weighted by atomic mass is 10.0. The maximum atomic E-state index is 14.8. The average Bonchev–Trinajstić information content (AvgIpc) is 3.24. The predicted molar refractivity (Wildman–Crippen MR) is 124 cm³/mol. The van der Waals surface area contributed by atoms with E-state index in [0.29, 0.717) is 36.0 Å². The molecule has 3 aromatic rings. The standard InChI is InChI=1S/C23H24FN3O6S/c1-3-32-18-6-4-5-7-21(18)34(30)26-22(28)20-12-16-17(24)10-15(11-19(16)33-20)27-9-8-14(27)13-25-23(29)31-2/h4-7,10-12,14H,3,8-9,13H2,1-2H3,(H,25,29)(H,26,28). The van der Waals surface area contributed by atoms with Gasteiger partial charge in [0.25, 0.3) is 5.91 Å². The number of halogens is 1. The Bertz CT molecular complexity index is 1250. The number of nitrogens with one attached hydrogen (secondary N) is 2. The Kier molecular flexibility index (Phi) is 7.01. The second-order valence-corrected chi connectivity index (χ2v) is 8.72. The number of fused-ring (bicyclic) bond motifs is 1. The molecule has 2 aromatic carbocycles. The molecule has 2 amide bonds. The number of nitrogens with zero attached hydrogens (tertiary/aromatic N) is 1. The molecule has 9 nitrogen and oxygen atoms in total. The van der Waals surface area contributed by atoms with E-state index in [-0.39, 0.29) is 22.8 Å². The molecule has 0 aliphatic carbocycles. The molecule has 1 saturated heterocycles. The fourth-order valence-corrected chi connectivity index (χ4v) is 4.58. The zero-order valence-electron chi connectivity index (χ0n) is 18.6. The predicted octanol–water partition coefficient (Wildman–Crippen LogP) is 3.36. The van der Waals surface area contributed by atoms with E-state index in [1.807, 2.05) is 4.90 Å². The topological polar surface area (TPSA) is 110 Å². The number of methoxy groups -OCH3 is 1. The smallest absolute Gasteiger partial charge is 0.406 e. The van der Waals surface area contributed by atoms with Crippen LogP contribution in [0.3, 0.4) is 0 Å². The highest BCUT2D eigenvalue weighted by atomic mass is 32.2. The lowest BCUT2D eigenvalue weighted by Gasteiger charge is -2.42. The Labute approximate surface area is 197 Å². The summed E-state index contributed by atoms with van der Waals surface area (Å²) in [7, 11) is -0.614. The van der Waals surface area contributed by atoms with Crippen molar-refractivity contribution < 1.29 is 32.1 Å². The molecule has 4 rings (SSSR count). The molecule has 0 radical (unpaired) electrons. The third kappa shape index (κ3) is 4.84. The van der Waals surface area contributed by atoms with Gasteiger partial charge >= 0.3 is 6.09 Å². The van der Waals surface area contributed by atoms with E-state index < -0.39 is 28.8 Å². The van der Waals surface area contributed by atoms with Gasteiger partial charge in [-0.2, -0.15) is 0 Å². The normalized spacial score (nSPS) is 16.0. The molecule has 2 N–H and O–H groups in total. The highest BCUT2D eigenvalue weighted by molar-refractivity contribution is 7.83. The monoisotopic (exact) mass is 489 g/mol. The van der Waals surface area contributed by atoms with Crippen molar-refractivity contribution in [3.63, 3.8) is 0 Å². The van der Waals surface area contributed by atoms with Gasteiger partial charge in [0, 0.05) is 37.0 Å². The highest BCUT2D eigenvalue weighted by Crippen LogP contribution is 2.33. The Morgan fingerprint density at radius 2 is 2.06 bits per heavy atom. The average molecular weight is 490 g/mol. The van der Waals surface area contributed by atoms with Crippen LogP contribution in [0.15, 0.2) is 51.8 Å². The number of rotatable bonds is 8. The molecular formula is C23H24FN3O6S. The van der Waals surface area contributed by atoms with Gasteiger partial charge in [-0.05, 0) is 31.5 Å². The van der Waals surface area contributed by atoms with Crippen LogP contribution in [0.25, 0.3) is 11.0 Å². The van der Waals surface area contributed by atoms with Crippen molar-refractivity contribution >= 4 is 39.6 Å². The van der Waals surface area contributed by atoms with Crippen molar-refractivity contribution in [2.45, 2.75) is 24.3 Å². The van der Waals surface area contributed by atoms with E-state index >= 15 is 0 Å². The molecule has 11 heteroatoms. The molecule has 2 atom stereocenters. The Hall–Kier alpha value is -3.60. The minimum absolute atomic E-state index is 0.0125. The van der Waals surface area contributed by atoms with Gasteiger partial charge in [0.05, 0.1) is 19.1 Å². The zero-order valence-corrected chi connectivity index (χ0v) is 19.4. The van der Waals surface area contributed by atoms with Gasteiger partial charge in [0.15, 0.2) is 16.7 Å². The Morgan fingerprint density at radius 3 is 2.76 bits per heavy atom. The summed E-state index contributed by atoms with van der Waals surface area (Å²) in [5, 5.41) is 2.78. The number of hydrogen-bond acceptors (Lipinski definition) is 7. The minimum Gasteiger partial charge on any atom is -0.493 e. The van der Waals surface area contributed by atoms with E-state index in [2.05, 4.69) is 14.8 Å². The zero-order chi connectivity index (χ0) is 24.2. The second kappa shape index (κ2) is 10.1. The maximum Gasteiger partial charge on any atom is 0.406 e. The molecule has 180 valence electrons. The van der Waals surface area contributed by atoms with Crippen molar-refractivity contribution in [1.82, 2.24) is 10.0 Å². The molecule has 1 aliphatic rings. The number of carbonyl (C=O) groups excluding carboxylic acids is 2. The van der Waals surface area contributed by atoms with E-state index in [9.17, 15) is 18.2 Å². The van der Waals surface area contributed by atoms with Crippen LogP contribution in [-0.4, -0.2) is 49.1 Å². The van der Waals surface area contributed by atoms with Crippen molar-refractivity contribution in [3.05, 3.63) is 54.0 Å². The molecule has 0 saturated carbocycles. The molecule has 1 aliphatic heterocycles. The van der Waals surface area contributed by atoms with Gasteiger partial charge in [0.1, 0.15) is 22.0 Å². The van der Waals surface area contributed by atoms with Gasteiger partial charge in [-0.1, -0.05) is 12.1 Å². The third-order valence-corrected chi connectivity index (χ3v) is 6.58. The maximum absolute atomic E-state index is 14.8. The second-order valence-electron chi connectivity index (χ2n) is 7.54. The number of furan rings is 1. The number of ether oxygens (including phenoxy) is 2. The molecule has 2 unspecified atom stereocenters. The summed E-state index contributed by atoms with van der Waals surface area (Å²) >= 11 is 0. The van der Waals surface area contributed by atoms with Crippen molar-refractivity contribution in [2.75, 3.05) is 31.7 Å². The summed E-state index contributed by atoms with van der Waals surface area (Å²) in [5.41, 5.74) is 0.760. The number of amides is 2. The molecule has 1 fully saturated rings. The van der Waals surface area contributed by atoms with Gasteiger partial charge in [0.2, 0.25) is 0 Å². The summed E-state index contributed by atoms with van der Waals surface area (Å²) in [6, 6.07) is 10.9. The Balaban J connectivity index is 1.50. The highest BCUT2D eigenvalue weighted by Gasteiger charge is 2.30. The van der Waals surface area contributed by atoms with E-state index in [0.717, 1.165) is 6.42 Å². The molecule has 1 aromatic heterocycles. The summed E-state index contributed by atoms with van der Waals surface area (Å²) in [6.07, 6.45) is 0.293. The van der Waals surface area contributed by atoms with Crippen molar-refractivity contribution in [2.24, 2.45) is 0 Å². The quantitative estimate of drug-likeness (QED) is 0.499. The number of carbonyl (C=O) groups is 2. The third-order valence-electron chi connectivity index (χ3n) is 5.47. The van der Waals surface area contributed by atoms with Crippen LogP contribution in [0, 0.1) is 5.82 Å². The SMILES string of the molecule is CCOc1ccccc1S(=O)NC(=O)c1cc2c(F)cc(N3CCC3CNC(=O)OC)cc2o1. The number of alkyl carbamates (subject to hydrolysis) is 1. The fourth-order valence-electron chi connectivity index (χ4n) is 3.69. The van der Waals surface area contributed by atoms with Gasteiger partial charge in [-0.15, -0.1) is 0 Å². The lowest BCUT2D eigenvalue weighted by molar-refractivity contribution is 0.0958. The van der Waals surface area contributed by atoms with Crippen LogP contribution in [0.5, 0.6) is 5.75 Å². The van der Waals surface area contributed by atoms with E-state index in [1.54, 1.807) is 37.3 Å². The van der Waals surface area contributed by atoms with Crippen molar-refractivity contribution in [1.29, 1.82) is 0 Å². The van der Waals surface area contributed by atoms with Gasteiger partial charge < -0.3 is 24.1 Å². The summed E-state index contributed by atoms with van der Waals surface area (Å²) in [6.45, 7) is 3.22. The van der Waals surface area contributed by atoms with Crippen LogP contribution in [0.2, 0.25) is 0 Å². The first-order chi connectivity index (χ1) is 16.4.